The molecule has 0 saturated carbocycles. The fraction of sp³-hybridized carbons (Fsp3) is 0.143. The van der Waals surface area contributed by atoms with E-state index in [1.165, 1.54) is 30.3 Å². The van der Waals surface area contributed by atoms with Gasteiger partial charge in [-0.3, -0.25) is 10.1 Å². The topological polar surface area (TPSA) is 63.4 Å². The largest absolute Gasteiger partial charge is 0.388 e. The fourth-order valence-electron chi connectivity index (χ4n) is 1.81. The minimum Gasteiger partial charge on any atom is -0.388 e. The van der Waals surface area contributed by atoms with E-state index in [-0.39, 0.29) is 17.7 Å². The van der Waals surface area contributed by atoms with Crippen LogP contribution in [0, 0.1) is 21.7 Å². The number of nitro groups is 1. The molecular formula is C14H11F2NO3. The molecule has 0 radical (unpaired) electrons. The molecule has 0 saturated heterocycles. The van der Waals surface area contributed by atoms with Crippen molar-refractivity contribution in [3.05, 3.63) is 75.3 Å². The smallest absolute Gasteiger partial charge is 0.269 e. The average molecular weight is 279 g/mol. The lowest BCUT2D eigenvalue weighted by molar-refractivity contribution is -0.384. The van der Waals surface area contributed by atoms with Gasteiger partial charge in [-0.25, -0.2) is 8.78 Å². The van der Waals surface area contributed by atoms with E-state index < -0.39 is 22.7 Å². The molecule has 0 aliphatic rings. The first kappa shape index (κ1) is 14.1. The molecule has 0 amide bonds. The van der Waals surface area contributed by atoms with Crippen LogP contribution in [0.1, 0.15) is 17.2 Å². The average Bonchev–Trinajstić information content (AvgIpc) is 2.42. The number of nitrogens with zero attached hydrogens (tertiary/aromatic N) is 1. The molecule has 0 aliphatic heterocycles. The zero-order chi connectivity index (χ0) is 14.7. The van der Waals surface area contributed by atoms with Crippen molar-refractivity contribution in [2.75, 3.05) is 0 Å². The van der Waals surface area contributed by atoms with Crippen molar-refractivity contribution in [1.82, 2.24) is 0 Å². The maximum Gasteiger partial charge on any atom is 0.269 e. The first-order valence-electron chi connectivity index (χ1n) is 5.83. The Morgan fingerprint density at radius 1 is 1.10 bits per heavy atom. The number of non-ortho nitro benzene ring substituents is 1. The molecule has 20 heavy (non-hydrogen) atoms. The van der Waals surface area contributed by atoms with Gasteiger partial charge in [0.25, 0.3) is 5.69 Å². The van der Waals surface area contributed by atoms with Gasteiger partial charge in [-0.05, 0) is 23.3 Å². The number of rotatable bonds is 4. The Kier molecular flexibility index (Phi) is 4.05. The third-order valence-electron chi connectivity index (χ3n) is 2.90. The quantitative estimate of drug-likeness (QED) is 0.690. The molecule has 2 rings (SSSR count). The summed E-state index contributed by atoms with van der Waals surface area (Å²) in [6, 6.07) is 8.87. The molecule has 0 aromatic heterocycles. The maximum atomic E-state index is 13.1. The third-order valence-corrected chi connectivity index (χ3v) is 2.90. The summed E-state index contributed by atoms with van der Waals surface area (Å²) < 4.78 is 25.8. The zero-order valence-corrected chi connectivity index (χ0v) is 10.3. The van der Waals surface area contributed by atoms with Gasteiger partial charge in [0, 0.05) is 18.6 Å². The second kappa shape index (κ2) is 5.75. The monoisotopic (exact) mass is 279 g/mol. The first-order valence-corrected chi connectivity index (χ1v) is 5.83. The predicted molar refractivity (Wildman–Crippen MR) is 68.1 cm³/mol. The van der Waals surface area contributed by atoms with Crippen LogP contribution in [-0.4, -0.2) is 10.0 Å². The molecule has 2 aromatic rings. The Hall–Kier alpha value is -2.34. The number of benzene rings is 2. The van der Waals surface area contributed by atoms with Crippen molar-refractivity contribution in [2.24, 2.45) is 0 Å². The Morgan fingerprint density at radius 2 is 1.75 bits per heavy atom. The van der Waals surface area contributed by atoms with Gasteiger partial charge in [0.15, 0.2) is 11.6 Å². The van der Waals surface area contributed by atoms with E-state index >= 15 is 0 Å². The Morgan fingerprint density at radius 3 is 2.30 bits per heavy atom. The summed E-state index contributed by atoms with van der Waals surface area (Å²) in [4.78, 5) is 9.99. The normalized spacial score (nSPS) is 12.2. The first-order chi connectivity index (χ1) is 9.47. The number of hydrogen-bond donors (Lipinski definition) is 1. The van der Waals surface area contributed by atoms with Crippen molar-refractivity contribution in [3.63, 3.8) is 0 Å². The molecule has 1 atom stereocenters. The molecule has 0 aliphatic carbocycles. The molecule has 1 unspecified atom stereocenters. The molecule has 0 heterocycles. The molecule has 0 fully saturated rings. The summed E-state index contributed by atoms with van der Waals surface area (Å²) in [7, 11) is 0. The summed E-state index contributed by atoms with van der Waals surface area (Å²) in [5.74, 6) is -2.00. The Bertz CT molecular complexity index is 629. The number of aliphatic hydroxyl groups excluding tert-OH is 1. The van der Waals surface area contributed by atoms with Crippen LogP contribution in [0.3, 0.4) is 0 Å². The molecule has 1 N–H and O–H groups in total. The van der Waals surface area contributed by atoms with Gasteiger partial charge in [-0.2, -0.15) is 0 Å². The minimum atomic E-state index is -1.02. The maximum absolute atomic E-state index is 13.1. The van der Waals surface area contributed by atoms with Crippen LogP contribution in [0.15, 0.2) is 42.5 Å². The lowest BCUT2D eigenvalue weighted by Crippen LogP contribution is -2.03. The summed E-state index contributed by atoms with van der Waals surface area (Å²) in [5.41, 5.74) is 0.867. The van der Waals surface area contributed by atoms with Crippen LogP contribution in [0.25, 0.3) is 0 Å². The van der Waals surface area contributed by atoms with E-state index in [9.17, 15) is 24.0 Å². The van der Waals surface area contributed by atoms with Gasteiger partial charge in [-0.1, -0.05) is 18.2 Å². The SMILES string of the molecule is O=[N+]([O-])c1ccc(CC(O)c2ccc(F)c(F)c2)cc1. The summed E-state index contributed by atoms with van der Waals surface area (Å²) in [6.45, 7) is 0. The van der Waals surface area contributed by atoms with E-state index in [1.54, 1.807) is 0 Å². The number of hydrogen-bond acceptors (Lipinski definition) is 3. The van der Waals surface area contributed by atoms with Gasteiger partial charge in [0.2, 0.25) is 0 Å². The summed E-state index contributed by atoms with van der Waals surface area (Å²) in [5, 5.41) is 20.4. The highest BCUT2D eigenvalue weighted by atomic mass is 19.2. The number of nitro benzene ring substituents is 1. The molecule has 4 nitrogen and oxygen atoms in total. The third kappa shape index (κ3) is 3.16. The van der Waals surface area contributed by atoms with Gasteiger partial charge in [-0.15, -0.1) is 0 Å². The Balaban J connectivity index is 2.12. The minimum absolute atomic E-state index is 0.0453. The molecular weight excluding hydrogens is 268 g/mol. The van der Waals surface area contributed by atoms with E-state index in [0.29, 0.717) is 5.56 Å². The molecule has 6 heteroatoms. The second-order valence-corrected chi connectivity index (χ2v) is 4.32. The van der Waals surface area contributed by atoms with Gasteiger partial charge < -0.3 is 5.11 Å². The lowest BCUT2D eigenvalue weighted by atomic mass is 10.0. The van der Waals surface area contributed by atoms with Crippen LogP contribution in [0.5, 0.6) is 0 Å². The van der Waals surface area contributed by atoms with Gasteiger partial charge >= 0.3 is 0 Å². The molecule has 104 valence electrons. The van der Waals surface area contributed by atoms with E-state index in [0.717, 1.165) is 12.1 Å². The highest BCUT2D eigenvalue weighted by molar-refractivity contribution is 5.33. The van der Waals surface area contributed by atoms with Crippen molar-refractivity contribution in [1.29, 1.82) is 0 Å². The predicted octanol–water partition coefficient (Wildman–Crippen LogP) is 3.15. The molecule has 2 aromatic carbocycles. The van der Waals surface area contributed by atoms with Crippen molar-refractivity contribution < 1.29 is 18.8 Å². The van der Waals surface area contributed by atoms with E-state index in [2.05, 4.69) is 0 Å². The molecule has 0 spiro atoms. The zero-order valence-electron chi connectivity index (χ0n) is 10.3. The van der Waals surface area contributed by atoms with Crippen LogP contribution < -0.4 is 0 Å². The van der Waals surface area contributed by atoms with Crippen molar-refractivity contribution in [3.8, 4) is 0 Å². The van der Waals surface area contributed by atoms with Crippen LogP contribution in [0.2, 0.25) is 0 Å². The standard InChI is InChI=1S/C14H11F2NO3/c15-12-6-3-10(8-13(12)16)14(18)7-9-1-4-11(5-2-9)17(19)20/h1-6,8,14,18H,7H2. The second-order valence-electron chi connectivity index (χ2n) is 4.32. The Labute approximate surface area is 113 Å². The van der Waals surface area contributed by atoms with Crippen LogP contribution in [-0.2, 0) is 6.42 Å². The summed E-state index contributed by atoms with van der Waals surface area (Å²) in [6.07, 6.45) is -0.852. The lowest BCUT2D eigenvalue weighted by Gasteiger charge is -2.11. The molecule has 0 bridgehead atoms. The summed E-state index contributed by atoms with van der Waals surface area (Å²) >= 11 is 0. The number of aliphatic hydroxyl groups is 1. The van der Waals surface area contributed by atoms with Crippen LogP contribution in [0.4, 0.5) is 14.5 Å². The van der Waals surface area contributed by atoms with Crippen molar-refractivity contribution in [2.45, 2.75) is 12.5 Å². The van der Waals surface area contributed by atoms with Gasteiger partial charge in [0.05, 0.1) is 11.0 Å². The fourth-order valence-corrected chi connectivity index (χ4v) is 1.81. The highest BCUT2D eigenvalue weighted by Gasteiger charge is 2.12. The van der Waals surface area contributed by atoms with Crippen LogP contribution >= 0.6 is 0 Å². The number of halogens is 2. The van der Waals surface area contributed by atoms with E-state index in [4.69, 9.17) is 0 Å². The highest BCUT2D eigenvalue weighted by Crippen LogP contribution is 2.21. The van der Waals surface area contributed by atoms with E-state index in [1.807, 2.05) is 0 Å². The van der Waals surface area contributed by atoms with Gasteiger partial charge in [0.1, 0.15) is 0 Å². The van der Waals surface area contributed by atoms with Crippen molar-refractivity contribution >= 4 is 5.69 Å².